The van der Waals surface area contributed by atoms with E-state index in [2.05, 4.69) is 15.9 Å². The number of nitrogens with zero attached hydrogens (tertiary/aromatic N) is 1. The summed E-state index contributed by atoms with van der Waals surface area (Å²) in [5, 5.41) is 0. The first-order valence-electron chi connectivity index (χ1n) is 6.46. The predicted molar refractivity (Wildman–Crippen MR) is 86.4 cm³/mol. The summed E-state index contributed by atoms with van der Waals surface area (Å²) >= 11 is 2.83. The molecule has 0 amide bonds. The van der Waals surface area contributed by atoms with Crippen molar-refractivity contribution in [1.82, 2.24) is 4.31 Å². The van der Waals surface area contributed by atoms with E-state index in [1.807, 2.05) is 13.8 Å². The molecule has 0 spiro atoms. The third-order valence-electron chi connectivity index (χ3n) is 3.87. The molecule has 9 heteroatoms. The fraction of sp³-hybridized carbons (Fsp3) is 0.538. The van der Waals surface area contributed by atoms with Gasteiger partial charge in [-0.25, -0.2) is 17.2 Å². The third-order valence-corrected chi connectivity index (χ3v) is 6.34. The lowest BCUT2D eigenvalue weighted by Gasteiger charge is -2.41. The van der Waals surface area contributed by atoms with Crippen LogP contribution in [-0.2, 0) is 10.0 Å². The Morgan fingerprint density at radius 2 is 1.91 bits per heavy atom. The summed E-state index contributed by atoms with van der Waals surface area (Å²) in [6.45, 7) is 4.09. The molecule has 22 heavy (non-hydrogen) atoms. The molecule has 1 heterocycles. The van der Waals surface area contributed by atoms with Gasteiger partial charge in [-0.1, -0.05) is 13.8 Å². The molecule has 0 bridgehead atoms. The molecule has 4 nitrogen and oxygen atoms in total. The van der Waals surface area contributed by atoms with Crippen molar-refractivity contribution in [3.05, 3.63) is 28.2 Å². The second kappa shape index (κ2) is 6.68. The van der Waals surface area contributed by atoms with Gasteiger partial charge < -0.3 is 5.73 Å². The van der Waals surface area contributed by atoms with Crippen LogP contribution in [0.4, 0.5) is 8.78 Å². The highest BCUT2D eigenvalue weighted by Gasteiger charge is 2.39. The van der Waals surface area contributed by atoms with Crippen molar-refractivity contribution in [2.75, 3.05) is 13.1 Å². The van der Waals surface area contributed by atoms with Crippen molar-refractivity contribution in [3.8, 4) is 0 Å². The van der Waals surface area contributed by atoms with Crippen LogP contribution in [0.3, 0.4) is 0 Å². The van der Waals surface area contributed by atoms with E-state index in [9.17, 15) is 17.2 Å². The molecule has 0 saturated carbocycles. The molecule has 2 rings (SSSR count). The van der Waals surface area contributed by atoms with Gasteiger partial charge in [0, 0.05) is 19.1 Å². The number of hydrogen-bond donors (Lipinski definition) is 1. The molecule has 126 valence electrons. The van der Waals surface area contributed by atoms with E-state index in [0.717, 1.165) is 6.07 Å². The molecule has 1 saturated heterocycles. The Bertz CT molecular complexity index is 670. The average Bonchev–Trinajstić information content (AvgIpc) is 2.36. The highest BCUT2D eigenvalue weighted by atomic mass is 79.9. The molecule has 1 unspecified atom stereocenters. The highest BCUT2D eigenvalue weighted by Crippen LogP contribution is 2.32. The summed E-state index contributed by atoms with van der Waals surface area (Å²) < 4.78 is 53.6. The van der Waals surface area contributed by atoms with Crippen molar-refractivity contribution < 1.29 is 17.2 Å². The Hall–Kier alpha value is -0.280. The minimum Gasteiger partial charge on any atom is -0.327 e. The molecular formula is C13H18BrClF2N2O2S. The Labute approximate surface area is 143 Å². The molecule has 0 aliphatic carbocycles. The second-order valence-electron chi connectivity index (χ2n) is 5.92. The topological polar surface area (TPSA) is 63.4 Å². The number of halogens is 4. The maximum Gasteiger partial charge on any atom is 0.246 e. The molecule has 1 aliphatic heterocycles. The molecule has 1 aromatic carbocycles. The van der Waals surface area contributed by atoms with E-state index in [4.69, 9.17) is 5.73 Å². The lowest BCUT2D eigenvalue weighted by Crippen LogP contribution is -2.53. The van der Waals surface area contributed by atoms with Crippen molar-refractivity contribution in [2.45, 2.75) is 31.2 Å². The van der Waals surface area contributed by atoms with Gasteiger partial charge in [-0.3, -0.25) is 0 Å². The van der Waals surface area contributed by atoms with Crippen LogP contribution in [0, 0.1) is 17.0 Å². The van der Waals surface area contributed by atoms with Crippen molar-refractivity contribution in [3.63, 3.8) is 0 Å². The molecule has 1 atom stereocenters. The van der Waals surface area contributed by atoms with Crippen molar-refractivity contribution in [1.29, 1.82) is 0 Å². The fourth-order valence-electron chi connectivity index (χ4n) is 2.37. The molecule has 0 aromatic heterocycles. The zero-order valence-corrected chi connectivity index (χ0v) is 15.4. The van der Waals surface area contributed by atoms with Crippen LogP contribution < -0.4 is 5.73 Å². The van der Waals surface area contributed by atoms with Gasteiger partial charge in [0.05, 0.1) is 4.47 Å². The number of hydrogen-bond acceptors (Lipinski definition) is 3. The van der Waals surface area contributed by atoms with Crippen LogP contribution in [0.15, 0.2) is 21.5 Å². The number of benzene rings is 1. The fourth-order valence-corrected chi connectivity index (χ4v) is 4.37. The number of rotatable bonds is 2. The Morgan fingerprint density at radius 1 is 1.32 bits per heavy atom. The Morgan fingerprint density at radius 3 is 2.45 bits per heavy atom. The third kappa shape index (κ3) is 3.62. The normalized spacial score (nSPS) is 22.2. The molecule has 2 N–H and O–H groups in total. The summed E-state index contributed by atoms with van der Waals surface area (Å²) in [4.78, 5) is -0.644. The van der Waals surface area contributed by atoms with E-state index in [1.165, 1.54) is 4.31 Å². The van der Waals surface area contributed by atoms with Gasteiger partial charge in [-0.15, -0.1) is 12.4 Å². The van der Waals surface area contributed by atoms with Crippen molar-refractivity contribution >= 4 is 38.4 Å². The highest BCUT2D eigenvalue weighted by molar-refractivity contribution is 9.10. The van der Waals surface area contributed by atoms with Crippen LogP contribution in [0.1, 0.15) is 20.3 Å². The Kier molecular flexibility index (Phi) is 6.01. The predicted octanol–water partition coefficient (Wildman–Crippen LogP) is 2.90. The second-order valence-corrected chi connectivity index (χ2v) is 8.68. The van der Waals surface area contributed by atoms with Crippen LogP contribution >= 0.6 is 28.3 Å². The molecule has 0 radical (unpaired) electrons. The van der Waals surface area contributed by atoms with Gasteiger partial charge in [0.15, 0.2) is 0 Å². The van der Waals surface area contributed by atoms with Gasteiger partial charge in [-0.2, -0.15) is 4.31 Å². The minimum atomic E-state index is -4.08. The maximum absolute atomic E-state index is 13.9. The van der Waals surface area contributed by atoms with E-state index in [0.29, 0.717) is 12.5 Å². The van der Waals surface area contributed by atoms with Crippen LogP contribution in [-0.4, -0.2) is 31.9 Å². The van der Waals surface area contributed by atoms with Crippen LogP contribution in [0.25, 0.3) is 0 Å². The number of piperidine rings is 1. The SMILES string of the molecule is CC1(C)CN(S(=O)(=O)c2cc(F)c(Br)cc2F)CCC1N.Cl. The zero-order chi connectivity index (χ0) is 16.0. The summed E-state index contributed by atoms with van der Waals surface area (Å²) in [6, 6.07) is 1.40. The standard InChI is InChI=1S/C13H17BrF2N2O2S.ClH/c1-13(2)7-18(4-3-12(13)17)21(19,20)11-6-9(15)8(14)5-10(11)16;/h5-6,12H,3-4,7,17H2,1-2H3;1H. The van der Waals surface area contributed by atoms with Crippen molar-refractivity contribution in [2.24, 2.45) is 11.1 Å². The van der Waals surface area contributed by atoms with Crippen LogP contribution in [0.5, 0.6) is 0 Å². The first-order chi connectivity index (χ1) is 9.55. The molecule has 1 fully saturated rings. The van der Waals surface area contributed by atoms with E-state index in [1.54, 1.807) is 0 Å². The van der Waals surface area contributed by atoms with E-state index in [-0.39, 0.29) is 36.0 Å². The molecular weight excluding hydrogens is 402 g/mol. The minimum absolute atomic E-state index is 0. The van der Waals surface area contributed by atoms with Gasteiger partial charge in [0.1, 0.15) is 16.5 Å². The first-order valence-corrected chi connectivity index (χ1v) is 8.69. The van der Waals surface area contributed by atoms with Gasteiger partial charge in [-0.05, 0) is 39.9 Å². The van der Waals surface area contributed by atoms with Gasteiger partial charge in [0.25, 0.3) is 0 Å². The number of sulfonamides is 1. The smallest absolute Gasteiger partial charge is 0.246 e. The summed E-state index contributed by atoms with van der Waals surface area (Å²) in [5.41, 5.74) is 5.55. The van der Waals surface area contributed by atoms with E-state index < -0.39 is 32.0 Å². The monoisotopic (exact) mass is 418 g/mol. The summed E-state index contributed by atoms with van der Waals surface area (Å²) in [6.07, 6.45) is 0.479. The quantitative estimate of drug-likeness (QED) is 0.750. The summed E-state index contributed by atoms with van der Waals surface area (Å²) in [5.74, 6) is -1.79. The zero-order valence-electron chi connectivity index (χ0n) is 12.1. The molecule has 1 aliphatic rings. The van der Waals surface area contributed by atoms with Crippen LogP contribution in [0.2, 0.25) is 0 Å². The lowest BCUT2D eigenvalue weighted by molar-refractivity contribution is 0.155. The Balaban J connectivity index is 0.00000242. The largest absolute Gasteiger partial charge is 0.327 e. The van der Waals surface area contributed by atoms with Gasteiger partial charge in [0.2, 0.25) is 10.0 Å². The number of nitrogens with two attached hydrogens (primary N) is 1. The van der Waals surface area contributed by atoms with Gasteiger partial charge >= 0.3 is 0 Å². The lowest BCUT2D eigenvalue weighted by atomic mass is 9.81. The average molecular weight is 420 g/mol. The van der Waals surface area contributed by atoms with E-state index >= 15 is 0 Å². The molecule has 1 aromatic rings. The summed E-state index contributed by atoms with van der Waals surface area (Å²) in [7, 11) is -4.08. The first kappa shape index (κ1) is 19.8. The maximum atomic E-state index is 13.9.